The molecule has 6 nitrogen and oxygen atoms in total. The molecule has 0 spiro atoms. The lowest BCUT2D eigenvalue weighted by Crippen LogP contribution is -2.42. The highest BCUT2D eigenvalue weighted by Crippen LogP contribution is 2.35. The standard InChI is InChI=1S/C24H34ClN3O3S/c1-16-21(13-18(25)14-23(16)31-5)17(2)26-22-15-20(7-8-24(22)32(6,29)30)28-11-9-19(10-12-28)27(3)4/h7-8,13-15,17,19,26H,9-12H2,1-6H3. The highest BCUT2D eigenvalue weighted by atomic mass is 35.5. The number of halogens is 1. The van der Waals surface area contributed by atoms with Gasteiger partial charge >= 0.3 is 0 Å². The zero-order valence-electron chi connectivity index (χ0n) is 19.8. The fraction of sp³-hybridized carbons (Fsp3) is 0.500. The van der Waals surface area contributed by atoms with Crippen LogP contribution in [0.25, 0.3) is 0 Å². The van der Waals surface area contributed by atoms with E-state index in [-0.39, 0.29) is 6.04 Å². The summed E-state index contributed by atoms with van der Waals surface area (Å²) >= 11 is 6.30. The quantitative estimate of drug-likeness (QED) is 0.617. The lowest BCUT2D eigenvalue weighted by Gasteiger charge is -2.36. The first-order valence-electron chi connectivity index (χ1n) is 10.9. The molecule has 0 saturated carbocycles. The molecule has 1 aliphatic rings. The Balaban J connectivity index is 1.93. The summed E-state index contributed by atoms with van der Waals surface area (Å²) in [6.07, 6.45) is 3.41. The Hall–Kier alpha value is -1.96. The summed E-state index contributed by atoms with van der Waals surface area (Å²) in [7, 11) is 2.46. The van der Waals surface area contributed by atoms with Crippen LogP contribution in [0.1, 0.15) is 36.9 Å². The largest absolute Gasteiger partial charge is 0.496 e. The highest BCUT2D eigenvalue weighted by molar-refractivity contribution is 7.90. The topological polar surface area (TPSA) is 61.9 Å². The van der Waals surface area contributed by atoms with Crippen LogP contribution < -0.4 is 15.0 Å². The van der Waals surface area contributed by atoms with Crippen molar-refractivity contribution in [2.75, 3.05) is 50.8 Å². The van der Waals surface area contributed by atoms with Crippen LogP contribution in [0.3, 0.4) is 0 Å². The maximum atomic E-state index is 12.5. The molecule has 2 aromatic rings. The van der Waals surface area contributed by atoms with Gasteiger partial charge in [-0.2, -0.15) is 0 Å². The Morgan fingerprint density at radius 3 is 2.41 bits per heavy atom. The van der Waals surface area contributed by atoms with Crippen LogP contribution in [-0.4, -0.2) is 59.9 Å². The molecule has 1 heterocycles. The van der Waals surface area contributed by atoms with Crippen LogP contribution in [0.2, 0.25) is 5.02 Å². The van der Waals surface area contributed by atoms with Gasteiger partial charge in [0.15, 0.2) is 9.84 Å². The molecular weight excluding hydrogens is 446 g/mol. The number of hydrogen-bond donors (Lipinski definition) is 1. The van der Waals surface area contributed by atoms with E-state index in [0.29, 0.717) is 27.4 Å². The molecule has 0 amide bonds. The molecule has 1 saturated heterocycles. The van der Waals surface area contributed by atoms with Crippen LogP contribution >= 0.6 is 11.6 Å². The van der Waals surface area contributed by atoms with Crippen molar-refractivity contribution in [3.63, 3.8) is 0 Å². The van der Waals surface area contributed by atoms with Gasteiger partial charge in [0.05, 0.1) is 17.7 Å². The molecule has 0 aliphatic carbocycles. The maximum absolute atomic E-state index is 12.5. The predicted molar refractivity (Wildman–Crippen MR) is 133 cm³/mol. The van der Waals surface area contributed by atoms with E-state index < -0.39 is 9.84 Å². The van der Waals surface area contributed by atoms with Gasteiger partial charge in [0.25, 0.3) is 0 Å². The zero-order chi connectivity index (χ0) is 23.6. The molecule has 1 N–H and O–H groups in total. The number of rotatable bonds is 7. The predicted octanol–water partition coefficient (Wildman–Crippen LogP) is 4.76. The molecule has 3 rings (SSSR count). The fourth-order valence-electron chi connectivity index (χ4n) is 4.44. The number of nitrogens with zero attached hydrogens (tertiary/aromatic N) is 2. The van der Waals surface area contributed by atoms with Crippen molar-refractivity contribution in [2.45, 2.75) is 43.7 Å². The SMILES string of the molecule is COc1cc(Cl)cc(C(C)Nc2cc(N3CCC(N(C)C)CC3)ccc2S(C)(=O)=O)c1C. The normalized spacial score (nSPS) is 16.3. The van der Waals surface area contributed by atoms with Gasteiger partial charge in [-0.15, -0.1) is 0 Å². The van der Waals surface area contributed by atoms with E-state index in [2.05, 4.69) is 29.2 Å². The minimum absolute atomic E-state index is 0.169. The number of hydrogen-bond acceptors (Lipinski definition) is 6. The molecule has 8 heteroatoms. The molecule has 1 unspecified atom stereocenters. The van der Waals surface area contributed by atoms with Gasteiger partial charge in [-0.05, 0) is 82.2 Å². The first kappa shape index (κ1) is 24.7. The number of methoxy groups -OCH3 is 1. The van der Waals surface area contributed by atoms with Gasteiger partial charge in [-0.25, -0.2) is 8.42 Å². The fourth-order valence-corrected chi connectivity index (χ4v) is 5.49. The summed E-state index contributed by atoms with van der Waals surface area (Å²) in [5, 5.41) is 4.01. The van der Waals surface area contributed by atoms with E-state index in [1.54, 1.807) is 19.2 Å². The minimum atomic E-state index is -3.40. The first-order valence-corrected chi connectivity index (χ1v) is 13.1. The average Bonchev–Trinajstić information content (AvgIpc) is 2.74. The molecule has 2 aromatic carbocycles. The van der Waals surface area contributed by atoms with E-state index in [9.17, 15) is 8.42 Å². The first-order chi connectivity index (χ1) is 15.0. The third-order valence-electron chi connectivity index (χ3n) is 6.35. The van der Waals surface area contributed by atoms with Crippen molar-refractivity contribution >= 4 is 32.8 Å². The zero-order valence-corrected chi connectivity index (χ0v) is 21.3. The summed E-state index contributed by atoms with van der Waals surface area (Å²) in [5.41, 5.74) is 3.57. The summed E-state index contributed by atoms with van der Waals surface area (Å²) < 4.78 is 30.4. The lowest BCUT2D eigenvalue weighted by molar-refractivity contribution is 0.249. The number of ether oxygens (including phenoxy) is 1. The van der Waals surface area contributed by atoms with Crippen molar-refractivity contribution in [2.24, 2.45) is 0 Å². The van der Waals surface area contributed by atoms with Gasteiger partial charge < -0.3 is 19.9 Å². The van der Waals surface area contributed by atoms with Gasteiger partial charge in [-0.1, -0.05) is 11.6 Å². The van der Waals surface area contributed by atoms with Crippen molar-refractivity contribution in [1.29, 1.82) is 0 Å². The van der Waals surface area contributed by atoms with Crippen LogP contribution in [0, 0.1) is 6.92 Å². The number of nitrogens with one attached hydrogen (secondary N) is 1. The van der Waals surface area contributed by atoms with Gasteiger partial charge in [0.1, 0.15) is 5.75 Å². The molecule has 32 heavy (non-hydrogen) atoms. The number of anilines is 2. The maximum Gasteiger partial charge on any atom is 0.177 e. The van der Waals surface area contributed by atoms with Crippen molar-refractivity contribution in [1.82, 2.24) is 4.90 Å². The van der Waals surface area contributed by atoms with Crippen LogP contribution in [0.4, 0.5) is 11.4 Å². The van der Waals surface area contributed by atoms with E-state index >= 15 is 0 Å². The van der Waals surface area contributed by atoms with Crippen LogP contribution in [-0.2, 0) is 9.84 Å². The number of piperidine rings is 1. The Bertz CT molecular complexity index is 1060. The Morgan fingerprint density at radius 1 is 1.19 bits per heavy atom. The monoisotopic (exact) mass is 479 g/mol. The summed E-state index contributed by atoms with van der Waals surface area (Å²) in [5.74, 6) is 0.710. The molecule has 0 bridgehead atoms. The van der Waals surface area contributed by atoms with E-state index in [4.69, 9.17) is 16.3 Å². The van der Waals surface area contributed by atoms with Crippen LogP contribution in [0.5, 0.6) is 5.75 Å². The number of benzene rings is 2. The Labute approximate surface area is 197 Å². The smallest absolute Gasteiger partial charge is 0.177 e. The highest BCUT2D eigenvalue weighted by Gasteiger charge is 2.23. The third-order valence-corrected chi connectivity index (χ3v) is 7.72. The molecule has 0 aromatic heterocycles. The van der Waals surface area contributed by atoms with Gasteiger partial charge in [0, 0.05) is 42.1 Å². The lowest BCUT2D eigenvalue weighted by atomic mass is 10.0. The van der Waals surface area contributed by atoms with Crippen molar-refractivity contribution in [3.05, 3.63) is 46.5 Å². The summed E-state index contributed by atoms with van der Waals surface area (Å²) in [6.45, 7) is 5.87. The molecule has 1 aliphatic heterocycles. The number of sulfone groups is 1. The molecule has 176 valence electrons. The van der Waals surface area contributed by atoms with Gasteiger partial charge in [-0.3, -0.25) is 0 Å². The van der Waals surface area contributed by atoms with Crippen LogP contribution in [0.15, 0.2) is 35.2 Å². The van der Waals surface area contributed by atoms with Crippen molar-refractivity contribution in [3.8, 4) is 5.75 Å². The van der Waals surface area contributed by atoms with E-state index in [0.717, 1.165) is 42.7 Å². The summed E-state index contributed by atoms with van der Waals surface area (Å²) in [4.78, 5) is 4.90. The van der Waals surface area contributed by atoms with E-state index in [1.165, 1.54) is 6.26 Å². The minimum Gasteiger partial charge on any atom is -0.496 e. The molecule has 1 atom stereocenters. The Morgan fingerprint density at radius 2 is 1.84 bits per heavy atom. The second kappa shape index (κ2) is 9.89. The molecule has 0 radical (unpaired) electrons. The Kier molecular flexibility index (Phi) is 7.63. The third kappa shape index (κ3) is 5.50. The molecule has 1 fully saturated rings. The van der Waals surface area contributed by atoms with Crippen molar-refractivity contribution < 1.29 is 13.2 Å². The second-order valence-corrected chi connectivity index (χ2v) is 11.2. The van der Waals surface area contributed by atoms with E-state index in [1.807, 2.05) is 32.0 Å². The summed E-state index contributed by atoms with van der Waals surface area (Å²) in [6, 6.07) is 9.68. The average molecular weight is 480 g/mol. The second-order valence-electron chi connectivity index (χ2n) is 8.82. The van der Waals surface area contributed by atoms with Gasteiger partial charge in [0.2, 0.25) is 0 Å². The molecular formula is C24H34ClN3O3S.